The Bertz CT molecular complexity index is 68.1. The predicted octanol–water partition coefficient (Wildman–Crippen LogP) is 4.78. The van der Waals surface area contributed by atoms with Crippen LogP contribution in [0.2, 0.25) is 0 Å². The maximum atomic E-state index is 2.31. The average Bonchev–Trinajstić information content (AvgIpc) is 2.10. The second-order valence-electron chi connectivity index (χ2n) is 3.94. The lowest BCUT2D eigenvalue weighted by Gasteiger charge is -2.14. The Morgan fingerprint density at radius 2 is 1.17 bits per heavy atom. The van der Waals surface area contributed by atoms with Crippen LogP contribution in [0.4, 0.5) is 0 Å². The van der Waals surface area contributed by atoms with Gasteiger partial charge in [0.1, 0.15) is 0 Å². The fraction of sp³-hybridized carbons (Fsp3) is 1.00. The van der Waals surface area contributed by atoms with Gasteiger partial charge < -0.3 is 0 Å². The van der Waals surface area contributed by atoms with Crippen LogP contribution >= 0.6 is 0 Å². The highest BCUT2D eigenvalue weighted by atomic mass is 14.1. The number of hydrogen-bond donors (Lipinski definition) is 0. The van der Waals surface area contributed by atoms with Crippen LogP contribution in [0.5, 0.6) is 0 Å². The molecule has 0 N–H and O–H groups in total. The van der Waals surface area contributed by atoms with Gasteiger partial charge in [0.25, 0.3) is 0 Å². The standard InChI is InChI=1S/C12H26/c1-4-7-10-12(9-6-3)11-8-5-2/h12H,4-11H2,1-3H3. The van der Waals surface area contributed by atoms with Gasteiger partial charge in [0.15, 0.2) is 0 Å². The van der Waals surface area contributed by atoms with E-state index in [4.69, 9.17) is 0 Å². The zero-order valence-corrected chi connectivity index (χ0v) is 9.23. The highest BCUT2D eigenvalue weighted by molar-refractivity contribution is 4.58. The molecule has 0 aliphatic rings. The lowest BCUT2D eigenvalue weighted by molar-refractivity contribution is 0.390. The highest BCUT2D eigenvalue weighted by Crippen LogP contribution is 2.20. The molecule has 0 atom stereocenters. The van der Waals surface area contributed by atoms with Gasteiger partial charge in [-0.3, -0.25) is 0 Å². The van der Waals surface area contributed by atoms with Gasteiger partial charge in [-0.2, -0.15) is 0 Å². The fourth-order valence-corrected chi connectivity index (χ4v) is 1.83. The van der Waals surface area contributed by atoms with Crippen molar-refractivity contribution in [2.45, 2.75) is 72.1 Å². The van der Waals surface area contributed by atoms with Gasteiger partial charge >= 0.3 is 0 Å². The van der Waals surface area contributed by atoms with Gasteiger partial charge in [-0.1, -0.05) is 72.1 Å². The Morgan fingerprint density at radius 1 is 0.667 bits per heavy atom. The van der Waals surface area contributed by atoms with E-state index in [1.165, 1.54) is 51.4 Å². The van der Waals surface area contributed by atoms with E-state index in [0.29, 0.717) is 0 Å². The summed E-state index contributed by atoms with van der Waals surface area (Å²) in [4.78, 5) is 0. The molecule has 0 amide bonds. The molecule has 0 bridgehead atoms. The molecule has 0 fully saturated rings. The average molecular weight is 170 g/mol. The molecule has 0 rings (SSSR count). The zero-order valence-electron chi connectivity index (χ0n) is 9.23. The molecule has 74 valence electrons. The van der Waals surface area contributed by atoms with Crippen LogP contribution in [0, 0.1) is 5.92 Å². The summed E-state index contributed by atoms with van der Waals surface area (Å²) >= 11 is 0. The smallest absolute Gasteiger partial charge is 0.0414 e. The van der Waals surface area contributed by atoms with E-state index in [1.807, 2.05) is 0 Å². The highest BCUT2D eigenvalue weighted by Gasteiger charge is 2.05. The quantitative estimate of drug-likeness (QED) is 0.491. The zero-order chi connectivity index (χ0) is 9.23. The van der Waals surface area contributed by atoms with Crippen molar-refractivity contribution in [3.8, 4) is 0 Å². The third-order valence-electron chi connectivity index (χ3n) is 2.63. The molecule has 0 spiro atoms. The third-order valence-corrected chi connectivity index (χ3v) is 2.63. The van der Waals surface area contributed by atoms with Crippen LogP contribution in [0.25, 0.3) is 0 Å². The minimum absolute atomic E-state index is 1.04. The molecule has 0 saturated carbocycles. The first-order chi connectivity index (χ1) is 5.85. The molecular weight excluding hydrogens is 144 g/mol. The summed E-state index contributed by atoms with van der Waals surface area (Å²) in [7, 11) is 0. The fourth-order valence-electron chi connectivity index (χ4n) is 1.83. The Labute approximate surface area is 78.8 Å². The Morgan fingerprint density at radius 3 is 1.50 bits per heavy atom. The minimum atomic E-state index is 1.04. The molecule has 0 aliphatic carbocycles. The van der Waals surface area contributed by atoms with E-state index >= 15 is 0 Å². The van der Waals surface area contributed by atoms with Gasteiger partial charge in [-0.25, -0.2) is 0 Å². The first-order valence-electron chi connectivity index (χ1n) is 5.85. The predicted molar refractivity (Wildman–Crippen MR) is 57.4 cm³/mol. The lowest BCUT2D eigenvalue weighted by atomic mass is 9.92. The Balaban J connectivity index is 3.40. The second kappa shape index (κ2) is 9.09. The molecule has 0 saturated heterocycles. The van der Waals surface area contributed by atoms with Gasteiger partial charge in [0.2, 0.25) is 0 Å². The van der Waals surface area contributed by atoms with E-state index in [1.54, 1.807) is 0 Å². The van der Waals surface area contributed by atoms with Crippen LogP contribution in [-0.2, 0) is 0 Å². The van der Waals surface area contributed by atoms with E-state index < -0.39 is 0 Å². The van der Waals surface area contributed by atoms with Crippen LogP contribution in [0.15, 0.2) is 0 Å². The summed E-state index contributed by atoms with van der Waals surface area (Å²) < 4.78 is 0. The molecule has 0 aromatic rings. The molecule has 0 heteroatoms. The summed E-state index contributed by atoms with van der Waals surface area (Å²) in [6, 6.07) is 0. The Kier molecular flexibility index (Phi) is 9.09. The van der Waals surface area contributed by atoms with Crippen molar-refractivity contribution in [3.05, 3.63) is 0 Å². The normalized spacial score (nSPS) is 11.0. The second-order valence-corrected chi connectivity index (χ2v) is 3.94. The van der Waals surface area contributed by atoms with Crippen molar-refractivity contribution in [3.63, 3.8) is 0 Å². The first-order valence-corrected chi connectivity index (χ1v) is 5.85. The molecular formula is C12H26. The molecule has 0 aromatic heterocycles. The number of rotatable bonds is 8. The van der Waals surface area contributed by atoms with Crippen molar-refractivity contribution >= 4 is 0 Å². The summed E-state index contributed by atoms with van der Waals surface area (Å²) in [5.74, 6) is 1.04. The van der Waals surface area contributed by atoms with Gasteiger partial charge in [-0.15, -0.1) is 0 Å². The van der Waals surface area contributed by atoms with Crippen LogP contribution in [0.1, 0.15) is 72.1 Å². The summed E-state index contributed by atoms with van der Waals surface area (Å²) in [5, 5.41) is 0. The molecule has 0 aromatic carbocycles. The molecule has 12 heavy (non-hydrogen) atoms. The monoisotopic (exact) mass is 170 g/mol. The van der Waals surface area contributed by atoms with Crippen molar-refractivity contribution in [2.75, 3.05) is 0 Å². The maximum Gasteiger partial charge on any atom is -0.0414 e. The van der Waals surface area contributed by atoms with Crippen LogP contribution in [0.3, 0.4) is 0 Å². The van der Waals surface area contributed by atoms with Gasteiger partial charge in [0, 0.05) is 0 Å². The van der Waals surface area contributed by atoms with Gasteiger partial charge in [-0.05, 0) is 5.92 Å². The summed E-state index contributed by atoms with van der Waals surface area (Å²) in [6.45, 7) is 6.90. The van der Waals surface area contributed by atoms with Crippen molar-refractivity contribution in [1.29, 1.82) is 0 Å². The topological polar surface area (TPSA) is 0 Å². The maximum absolute atomic E-state index is 2.31. The largest absolute Gasteiger partial charge is 0.0654 e. The molecule has 0 radical (unpaired) electrons. The van der Waals surface area contributed by atoms with E-state index in [-0.39, 0.29) is 0 Å². The molecule has 0 heterocycles. The van der Waals surface area contributed by atoms with Crippen molar-refractivity contribution in [2.24, 2.45) is 5.92 Å². The molecule has 0 nitrogen and oxygen atoms in total. The summed E-state index contributed by atoms with van der Waals surface area (Å²) in [5.41, 5.74) is 0. The van der Waals surface area contributed by atoms with Crippen LogP contribution < -0.4 is 0 Å². The molecule has 0 unspecified atom stereocenters. The Hall–Kier alpha value is 0. The SMILES string of the molecule is CCCCC(CCC)CCCC. The number of hydrogen-bond acceptors (Lipinski definition) is 0. The minimum Gasteiger partial charge on any atom is -0.0654 e. The van der Waals surface area contributed by atoms with E-state index in [2.05, 4.69) is 20.8 Å². The summed E-state index contributed by atoms with van der Waals surface area (Å²) in [6.07, 6.45) is 11.4. The lowest BCUT2D eigenvalue weighted by Crippen LogP contribution is -1.99. The van der Waals surface area contributed by atoms with E-state index in [9.17, 15) is 0 Å². The molecule has 0 aliphatic heterocycles. The van der Waals surface area contributed by atoms with E-state index in [0.717, 1.165) is 5.92 Å². The first kappa shape index (κ1) is 12.0. The van der Waals surface area contributed by atoms with Crippen molar-refractivity contribution < 1.29 is 0 Å². The van der Waals surface area contributed by atoms with Gasteiger partial charge in [0.05, 0.1) is 0 Å². The third kappa shape index (κ3) is 6.69. The van der Waals surface area contributed by atoms with Crippen LogP contribution in [-0.4, -0.2) is 0 Å². The number of unbranched alkanes of at least 4 members (excludes halogenated alkanes) is 2. The van der Waals surface area contributed by atoms with Crippen molar-refractivity contribution in [1.82, 2.24) is 0 Å².